The molecule has 0 aliphatic carbocycles. The molecule has 1 saturated heterocycles. The highest BCUT2D eigenvalue weighted by atomic mass is 35.5. The van der Waals surface area contributed by atoms with Crippen LogP contribution < -0.4 is 15.4 Å². The van der Waals surface area contributed by atoms with Crippen molar-refractivity contribution in [3.8, 4) is 5.75 Å². The molecule has 0 spiro atoms. The maximum Gasteiger partial charge on any atom is 0.387 e. The number of alkyl halides is 2. The van der Waals surface area contributed by atoms with Gasteiger partial charge in [0.1, 0.15) is 5.75 Å². The van der Waals surface area contributed by atoms with Crippen molar-refractivity contribution < 1.29 is 18.3 Å². The van der Waals surface area contributed by atoms with E-state index in [0.29, 0.717) is 5.56 Å². The third-order valence-corrected chi connectivity index (χ3v) is 4.18. The third-order valence-electron chi connectivity index (χ3n) is 4.18. The van der Waals surface area contributed by atoms with Crippen molar-refractivity contribution in [2.75, 3.05) is 18.4 Å². The third kappa shape index (κ3) is 4.70. The molecule has 2 aromatic rings. The van der Waals surface area contributed by atoms with Gasteiger partial charge < -0.3 is 15.4 Å². The van der Waals surface area contributed by atoms with Gasteiger partial charge in [-0.2, -0.15) is 13.9 Å². The number of rotatable bonds is 5. The van der Waals surface area contributed by atoms with Crippen molar-refractivity contribution in [2.24, 2.45) is 0 Å². The van der Waals surface area contributed by atoms with E-state index in [1.165, 1.54) is 6.07 Å². The Hall–Kier alpha value is -2.19. The van der Waals surface area contributed by atoms with E-state index in [-0.39, 0.29) is 35.6 Å². The van der Waals surface area contributed by atoms with Crippen molar-refractivity contribution in [2.45, 2.75) is 32.4 Å². The topological polar surface area (TPSA) is 68.2 Å². The minimum absolute atomic E-state index is 0. The first kappa shape index (κ1) is 20.1. The van der Waals surface area contributed by atoms with Crippen LogP contribution in [0, 0.1) is 6.92 Å². The highest BCUT2D eigenvalue weighted by Gasteiger charge is 2.19. The molecule has 26 heavy (non-hydrogen) atoms. The van der Waals surface area contributed by atoms with E-state index in [1.807, 2.05) is 0 Å². The molecule has 2 N–H and O–H groups in total. The first-order chi connectivity index (χ1) is 12.0. The number of hydrogen-bond donors (Lipinski definition) is 2. The molecule has 142 valence electrons. The van der Waals surface area contributed by atoms with Gasteiger partial charge in [-0.05, 0) is 44.0 Å². The normalized spacial score (nSPS) is 16.8. The predicted molar refractivity (Wildman–Crippen MR) is 96.4 cm³/mol. The first-order valence-corrected chi connectivity index (χ1v) is 8.16. The van der Waals surface area contributed by atoms with Crippen molar-refractivity contribution in [1.29, 1.82) is 0 Å². The smallest absolute Gasteiger partial charge is 0.387 e. The number of aryl methyl sites for hydroxylation is 1. The Bertz CT molecular complexity index is 748. The van der Waals surface area contributed by atoms with Gasteiger partial charge in [-0.1, -0.05) is 12.1 Å². The van der Waals surface area contributed by atoms with Crippen molar-refractivity contribution in [3.05, 3.63) is 41.7 Å². The number of nitrogens with zero attached hydrogens (tertiary/aromatic N) is 2. The first-order valence-electron chi connectivity index (χ1n) is 8.16. The molecule has 1 aromatic heterocycles. The zero-order chi connectivity index (χ0) is 17.8. The van der Waals surface area contributed by atoms with Gasteiger partial charge in [-0.3, -0.25) is 9.48 Å². The average Bonchev–Trinajstić information content (AvgIpc) is 3.08. The SMILES string of the molecule is Cc1cccc(OC(F)F)c1NC(=O)c1ccn(C2CCCNC2)n1.Cl. The summed E-state index contributed by atoms with van der Waals surface area (Å²) < 4.78 is 31.3. The van der Waals surface area contributed by atoms with Crippen LogP contribution in [-0.4, -0.2) is 35.4 Å². The number of anilines is 1. The second kappa shape index (κ2) is 8.95. The zero-order valence-corrected chi connectivity index (χ0v) is 15.1. The minimum atomic E-state index is -2.96. The molecular formula is C17H21ClF2N4O2. The number of carbonyl (C=O) groups is 1. The fourth-order valence-corrected chi connectivity index (χ4v) is 2.89. The lowest BCUT2D eigenvalue weighted by Gasteiger charge is -2.22. The van der Waals surface area contributed by atoms with Gasteiger partial charge in [0.25, 0.3) is 5.91 Å². The Labute approximate surface area is 156 Å². The van der Waals surface area contributed by atoms with Crippen LogP contribution in [0.5, 0.6) is 5.75 Å². The molecule has 1 unspecified atom stereocenters. The fourth-order valence-electron chi connectivity index (χ4n) is 2.89. The maximum absolute atomic E-state index is 12.5. The molecule has 1 aliphatic heterocycles. The number of aromatic nitrogens is 2. The summed E-state index contributed by atoms with van der Waals surface area (Å²) in [5, 5.41) is 10.2. The van der Waals surface area contributed by atoms with Crippen molar-refractivity contribution in [1.82, 2.24) is 15.1 Å². The molecule has 1 fully saturated rings. The van der Waals surface area contributed by atoms with Crippen LogP contribution in [0.15, 0.2) is 30.5 Å². The van der Waals surface area contributed by atoms with Crippen LogP contribution in [0.4, 0.5) is 14.5 Å². The summed E-state index contributed by atoms with van der Waals surface area (Å²) in [6, 6.07) is 6.52. The predicted octanol–water partition coefficient (Wildman–Crippen LogP) is 3.39. The summed E-state index contributed by atoms with van der Waals surface area (Å²) in [4.78, 5) is 12.5. The zero-order valence-electron chi connectivity index (χ0n) is 14.2. The molecular weight excluding hydrogens is 366 g/mol. The van der Waals surface area contributed by atoms with Crippen LogP contribution in [0.2, 0.25) is 0 Å². The molecule has 6 nitrogen and oxygen atoms in total. The summed E-state index contributed by atoms with van der Waals surface area (Å²) in [7, 11) is 0. The Morgan fingerprint density at radius 1 is 1.42 bits per heavy atom. The summed E-state index contributed by atoms with van der Waals surface area (Å²) in [5.74, 6) is -0.532. The number of carbonyl (C=O) groups excluding carboxylic acids is 1. The Kier molecular flexibility index (Phi) is 6.93. The molecule has 0 radical (unpaired) electrons. The summed E-state index contributed by atoms with van der Waals surface area (Å²) in [6.45, 7) is 0.550. The number of para-hydroxylation sites is 1. The summed E-state index contributed by atoms with van der Waals surface area (Å²) >= 11 is 0. The van der Waals surface area contributed by atoms with Gasteiger partial charge in [-0.25, -0.2) is 0 Å². The monoisotopic (exact) mass is 386 g/mol. The molecule has 1 atom stereocenters. The molecule has 0 saturated carbocycles. The van der Waals surface area contributed by atoms with Gasteiger partial charge in [0.15, 0.2) is 5.69 Å². The van der Waals surface area contributed by atoms with Crippen LogP contribution in [0.25, 0.3) is 0 Å². The van der Waals surface area contributed by atoms with E-state index in [1.54, 1.807) is 36.0 Å². The van der Waals surface area contributed by atoms with E-state index in [2.05, 4.69) is 20.5 Å². The van der Waals surface area contributed by atoms with Crippen LogP contribution in [-0.2, 0) is 0 Å². The quantitative estimate of drug-likeness (QED) is 0.826. The van der Waals surface area contributed by atoms with Crippen molar-refractivity contribution in [3.63, 3.8) is 0 Å². The second-order valence-electron chi connectivity index (χ2n) is 5.96. The Balaban J connectivity index is 0.00000243. The largest absolute Gasteiger partial charge is 0.433 e. The Morgan fingerprint density at radius 3 is 2.92 bits per heavy atom. The summed E-state index contributed by atoms with van der Waals surface area (Å²) in [6.07, 6.45) is 3.82. The number of halogens is 3. The molecule has 3 rings (SSSR count). The molecule has 9 heteroatoms. The number of hydrogen-bond acceptors (Lipinski definition) is 4. The lowest BCUT2D eigenvalue weighted by molar-refractivity contribution is -0.0493. The van der Waals surface area contributed by atoms with Gasteiger partial charge in [0, 0.05) is 12.7 Å². The maximum atomic E-state index is 12.5. The summed E-state index contributed by atoms with van der Waals surface area (Å²) in [5.41, 5.74) is 1.08. The number of piperidine rings is 1. The molecule has 1 aliphatic rings. The van der Waals surface area contributed by atoms with Crippen LogP contribution in [0.3, 0.4) is 0 Å². The van der Waals surface area contributed by atoms with Gasteiger partial charge in [-0.15, -0.1) is 12.4 Å². The van der Waals surface area contributed by atoms with Gasteiger partial charge >= 0.3 is 6.61 Å². The van der Waals surface area contributed by atoms with E-state index in [0.717, 1.165) is 25.9 Å². The van der Waals surface area contributed by atoms with Gasteiger partial charge in [0.2, 0.25) is 0 Å². The number of benzene rings is 1. The van der Waals surface area contributed by atoms with Gasteiger partial charge in [0.05, 0.1) is 11.7 Å². The lowest BCUT2D eigenvalue weighted by Crippen LogP contribution is -2.32. The Morgan fingerprint density at radius 2 is 2.23 bits per heavy atom. The molecule has 2 heterocycles. The van der Waals surface area contributed by atoms with Crippen LogP contribution in [0.1, 0.15) is 34.9 Å². The lowest BCUT2D eigenvalue weighted by atomic mass is 10.1. The molecule has 1 aromatic carbocycles. The standard InChI is InChI=1S/C17H20F2N4O2.ClH/c1-11-4-2-6-14(25-17(18)19)15(11)21-16(24)13-7-9-23(22-13)12-5-3-8-20-10-12;/h2,4,6-7,9,12,17,20H,3,5,8,10H2,1H3,(H,21,24);1H. The van der Waals surface area contributed by atoms with Crippen molar-refractivity contribution >= 4 is 24.0 Å². The highest BCUT2D eigenvalue weighted by Crippen LogP contribution is 2.29. The van der Waals surface area contributed by atoms with E-state index in [9.17, 15) is 13.6 Å². The number of amides is 1. The van der Waals surface area contributed by atoms with E-state index < -0.39 is 12.5 Å². The van der Waals surface area contributed by atoms with E-state index >= 15 is 0 Å². The average molecular weight is 387 g/mol. The second-order valence-corrected chi connectivity index (χ2v) is 5.96. The van der Waals surface area contributed by atoms with Crippen LogP contribution >= 0.6 is 12.4 Å². The number of ether oxygens (including phenoxy) is 1. The number of nitrogens with one attached hydrogen (secondary N) is 2. The minimum Gasteiger partial charge on any atom is -0.433 e. The highest BCUT2D eigenvalue weighted by molar-refractivity contribution is 6.04. The molecule has 0 bridgehead atoms. The van der Waals surface area contributed by atoms with E-state index in [4.69, 9.17) is 0 Å². The fraction of sp³-hybridized carbons (Fsp3) is 0.412. The molecule has 1 amide bonds.